The molecule has 2 rings (SSSR count). The third-order valence-electron chi connectivity index (χ3n) is 3.84. The molecule has 0 aromatic carbocycles. The van der Waals surface area contributed by atoms with Gasteiger partial charge in [0.15, 0.2) is 11.0 Å². The highest BCUT2D eigenvalue weighted by atomic mass is 35.5. The molecule has 1 aromatic heterocycles. The van der Waals surface area contributed by atoms with Gasteiger partial charge in [0, 0.05) is 39.3 Å². The Labute approximate surface area is 124 Å². The number of piperazine rings is 1. The minimum atomic E-state index is 0.220. The summed E-state index contributed by atoms with van der Waals surface area (Å²) < 4.78 is 0. The van der Waals surface area contributed by atoms with E-state index in [1.54, 1.807) is 0 Å². The molecule has 0 spiro atoms. The number of aliphatic hydroxyl groups is 1. The molecule has 1 saturated heterocycles. The summed E-state index contributed by atoms with van der Waals surface area (Å²) in [7, 11) is 1.82. The van der Waals surface area contributed by atoms with Gasteiger partial charge in [0.05, 0.1) is 6.61 Å². The molecular formula is C13H22ClN5O. The van der Waals surface area contributed by atoms with Gasteiger partial charge >= 0.3 is 0 Å². The Balaban J connectivity index is 2.06. The van der Waals surface area contributed by atoms with Crippen molar-refractivity contribution in [2.45, 2.75) is 19.4 Å². The van der Waals surface area contributed by atoms with Crippen LogP contribution in [0, 0.1) is 0 Å². The summed E-state index contributed by atoms with van der Waals surface area (Å²) in [4.78, 5) is 12.9. The van der Waals surface area contributed by atoms with Gasteiger partial charge in [0.25, 0.3) is 0 Å². The lowest BCUT2D eigenvalue weighted by Gasteiger charge is -2.39. The van der Waals surface area contributed by atoms with E-state index in [4.69, 9.17) is 11.6 Å². The van der Waals surface area contributed by atoms with Crippen molar-refractivity contribution >= 4 is 23.1 Å². The number of anilines is 2. The van der Waals surface area contributed by atoms with Crippen molar-refractivity contribution in [3.8, 4) is 0 Å². The maximum Gasteiger partial charge on any atom is 0.157 e. The fourth-order valence-electron chi connectivity index (χ4n) is 2.61. The Morgan fingerprint density at radius 1 is 1.35 bits per heavy atom. The van der Waals surface area contributed by atoms with Crippen LogP contribution in [0.25, 0.3) is 0 Å². The summed E-state index contributed by atoms with van der Waals surface area (Å²) in [6.07, 6.45) is 2.46. The summed E-state index contributed by atoms with van der Waals surface area (Å²) in [6, 6.07) is 0.259. The summed E-state index contributed by atoms with van der Waals surface area (Å²) in [5.41, 5.74) is 0.775. The van der Waals surface area contributed by atoms with Gasteiger partial charge in [0.2, 0.25) is 0 Å². The van der Waals surface area contributed by atoms with Crippen LogP contribution in [0.3, 0.4) is 0 Å². The summed E-state index contributed by atoms with van der Waals surface area (Å²) in [6.45, 7) is 5.92. The first-order chi connectivity index (χ1) is 9.71. The van der Waals surface area contributed by atoms with E-state index >= 15 is 0 Å². The lowest BCUT2D eigenvalue weighted by molar-refractivity contribution is 0.114. The second kappa shape index (κ2) is 7.06. The Morgan fingerprint density at radius 2 is 2.05 bits per heavy atom. The average Bonchev–Trinajstić information content (AvgIpc) is 2.49. The van der Waals surface area contributed by atoms with Crippen LogP contribution in [0.15, 0.2) is 6.33 Å². The zero-order valence-electron chi connectivity index (χ0n) is 12.0. The van der Waals surface area contributed by atoms with Crippen LogP contribution in [0.2, 0.25) is 5.15 Å². The molecule has 1 atom stereocenters. The third kappa shape index (κ3) is 3.13. The van der Waals surface area contributed by atoms with Crippen molar-refractivity contribution in [3.63, 3.8) is 0 Å². The van der Waals surface area contributed by atoms with Crippen LogP contribution in [-0.4, -0.2) is 65.8 Å². The molecule has 1 unspecified atom stereocenters. The molecule has 0 saturated carbocycles. The highest BCUT2D eigenvalue weighted by Crippen LogP contribution is 2.29. The molecule has 1 aromatic rings. The van der Waals surface area contributed by atoms with Gasteiger partial charge in [-0.3, -0.25) is 4.90 Å². The summed E-state index contributed by atoms with van der Waals surface area (Å²) in [5.74, 6) is 0.851. The van der Waals surface area contributed by atoms with E-state index in [1.165, 1.54) is 6.33 Å². The molecular weight excluding hydrogens is 278 g/mol. The fourth-order valence-corrected chi connectivity index (χ4v) is 2.83. The number of nitrogens with one attached hydrogen (secondary N) is 1. The number of hydrogen-bond acceptors (Lipinski definition) is 6. The van der Waals surface area contributed by atoms with E-state index in [0.29, 0.717) is 5.15 Å². The van der Waals surface area contributed by atoms with Gasteiger partial charge in [-0.25, -0.2) is 9.97 Å². The number of halogens is 1. The Bertz CT molecular complexity index is 433. The van der Waals surface area contributed by atoms with Crippen LogP contribution in [-0.2, 0) is 0 Å². The largest absolute Gasteiger partial charge is 0.395 e. The van der Waals surface area contributed by atoms with Crippen molar-refractivity contribution in [2.75, 3.05) is 50.1 Å². The van der Waals surface area contributed by atoms with E-state index < -0.39 is 0 Å². The average molecular weight is 300 g/mol. The zero-order chi connectivity index (χ0) is 14.5. The molecule has 20 heavy (non-hydrogen) atoms. The quantitative estimate of drug-likeness (QED) is 0.793. The first kappa shape index (κ1) is 15.3. The smallest absolute Gasteiger partial charge is 0.157 e. The lowest BCUT2D eigenvalue weighted by atomic mass is 10.1. The van der Waals surface area contributed by atoms with Crippen molar-refractivity contribution in [2.24, 2.45) is 0 Å². The van der Waals surface area contributed by atoms with Crippen LogP contribution in [0.1, 0.15) is 13.3 Å². The van der Waals surface area contributed by atoms with Crippen LogP contribution in [0.5, 0.6) is 0 Å². The predicted octanol–water partition coefficient (Wildman–Crippen LogP) is 1.06. The highest BCUT2D eigenvalue weighted by molar-refractivity contribution is 6.32. The minimum Gasteiger partial charge on any atom is -0.395 e. The van der Waals surface area contributed by atoms with Gasteiger partial charge in [-0.15, -0.1) is 0 Å². The molecule has 1 fully saturated rings. The second-order valence-corrected chi connectivity index (χ2v) is 5.24. The molecule has 0 radical (unpaired) electrons. The monoisotopic (exact) mass is 299 g/mol. The third-order valence-corrected chi connectivity index (χ3v) is 4.13. The molecule has 2 N–H and O–H groups in total. The molecule has 1 aliphatic rings. The summed E-state index contributed by atoms with van der Waals surface area (Å²) >= 11 is 6.09. The first-order valence-corrected chi connectivity index (χ1v) is 7.37. The second-order valence-electron chi connectivity index (χ2n) is 4.88. The number of hydrogen-bond donors (Lipinski definition) is 2. The van der Waals surface area contributed by atoms with Gasteiger partial charge < -0.3 is 15.3 Å². The standard InChI is InChI=1S/C13H22ClN5O/c1-3-10(8-20)18-4-6-19(7-5-18)13-11(15-2)12(14)16-9-17-13/h9-10,15,20H,3-8H2,1-2H3. The maximum atomic E-state index is 9.38. The van der Waals surface area contributed by atoms with Gasteiger partial charge in [-0.05, 0) is 6.42 Å². The molecule has 1 aliphatic heterocycles. The molecule has 7 heteroatoms. The number of aliphatic hydroxyl groups excluding tert-OH is 1. The number of aromatic nitrogens is 2. The van der Waals surface area contributed by atoms with Gasteiger partial charge in [0.1, 0.15) is 12.0 Å². The van der Waals surface area contributed by atoms with E-state index in [1.807, 2.05) is 7.05 Å². The Morgan fingerprint density at radius 3 is 2.60 bits per heavy atom. The first-order valence-electron chi connectivity index (χ1n) is 6.99. The van der Waals surface area contributed by atoms with E-state index in [9.17, 15) is 5.11 Å². The molecule has 112 valence electrons. The highest BCUT2D eigenvalue weighted by Gasteiger charge is 2.24. The molecule has 0 amide bonds. The molecule has 6 nitrogen and oxygen atoms in total. The lowest BCUT2D eigenvalue weighted by Crippen LogP contribution is -2.51. The SMILES string of the molecule is CCC(CO)N1CCN(c2ncnc(Cl)c2NC)CC1. The Hall–Kier alpha value is -1.11. The molecule has 0 bridgehead atoms. The normalized spacial score (nSPS) is 18.1. The van der Waals surface area contributed by atoms with Crippen LogP contribution in [0.4, 0.5) is 11.5 Å². The molecule has 0 aliphatic carbocycles. The number of rotatable bonds is 5. The fraction of sp³-hybridized carbons (Fsp3) is 0.692. The zero-order valence-corrected chi connectivity index (χ0v) is 12.8. The topological polar surface area (TPSA) is 64.5 Å². The van der Waals surface area contributed by atoms with Crippen LogP contribution < -0.4 is 10.2 Å². The van der Waals surface area contributed by atoms with Crippen molar-refractivity contribution < 1.29 is 5.11 Å². The van der Waals surface area contributed by atoms with E-state index in [-0.39, 0.29) is 12.6 Å². The van der Waals surface area contributed by atoms with Crippen molar-refractivity contribution in [1.82, 2.24) is 14.9 Å². The van der Waals surface area contributed by atoms with Gasteiger partial charge in [-0.1, -0.05) is 18.5 Å². The molecule has 2 heterocycles. The van der Waals surface area contributed by atoms with Crippen molar-refractivity contribution in [1.29, 1.82) is 0 Å². The maximum absolute atomic E-state index is 9.38. The van der Waals surface area contributed by atoms with Crippen LogP contribution >= 0.6 is 11.6 Å². The Kier molecular flexibility index (Phi) is 5.39. The summed E-state index contributed by atoms with van der Waals surface area (Å²) in [5, 5.41) is 12.9. The minimum absolute atomic E-state index is 0.220. The van der Waals surface area contributed by atoms with Gasteiger partial charge in [-0.2, -0.15) is 0 Å². The predicted molar refractivity (Wildman–Crippen MR) is 81.5 cm³/mol. The van der Waals surface area contributed by atoms with E-state index in [2.05, 4.69) is 32.0 Å². The van der Waals surface area contributed by atoms with Crippen molar-refractivity contribution in [3.05, 3.63) is 11.5 Å². The number of nitrogens with zero attached hydrogens (tertiary/aromatic N) is 4. The van der Waals surface area contributed by atoms with E-state index in [0.717, 1.165) is 44.1 Å².